The molecule has 0 radical (unpaired) electrons. The Morgan fingerprint density at radius 3 is 2.35 bits per heavy atom. The first-order valence-corrected chi connectivity index (χ1v) is 16.3. The van der Waals surface area contributed by atoms with Crippen LogP contribution in [0.1, 0.15) is 48.5 Å². The van der Waals surface area contributed by atoms with E-state index >= 15 is 0 Å². The van der Waals surface area contributed by atoms with Crippen molar-refractivity contribution in [2.45, 2.75) is 50.8 Å². The van der Waals surface area contributed by atoms with Crippen molar-refractivity contribution in [2.75, 3.05) is 46.4 Å². The second kappa shape index (κ2) is 14.5. The second-order valence-electron chi connectivity index (χ2n) is 12.4. The normalized spacial score (nSPS) is 19.2. The van der Waals surface area contributed by atoms with Gasteiger partial charge in [0.25, 0.3) is 11.8 Å². The van der Waals surface area contributed by atoms with Gasteiger partial charge in [-0.05, 0) is 73.0 Å². The number of carbonyl (C=O) groups excluding carboxylic acids is 3. The zero-order valence-electron chi connectivity index (χ0n) is 27.3. The highest BCUT2D eigenvalue weighted by molar-refractivity contribution is 5.95. The lowest BCUT2D eigenvalue weighted by atomic mass is 9.88. The minimum Gasteiger partial charge on any atom is -0.493 e. The Kier molecular flexibility index (Phi) is 10.00. The van der Waals surface area contributed by atoms with Gasteiger partial charge in [-0.2, -0.15) is 0 Å². The maximum absolute atomic E-state index is 14.8. The fourth-order valence-electron chi connectivity index (χ4n) is 6.59. The first kappa shape index (κ1) is 33.1. The van der Waals surface area contributed by atoms with Crippen LogP contribution in [0.3, 0.4) is 0 Å². The summed E-state index contributed by atoms with van der Waals surface area (Å²) in [6, 6.07) is 16.4. The van der Waals surface area contributed by atoms with Gasteiger partial charge in [0.15, 0.2) is 17.1 Å². The smallest absolute Gasteiger partial charge is 0.264 e. The number of fused-ring (bicyclic) bond motifs is 8. The van der Waals surface area contributed by atoms with E-state index in [0.29, 0.717) is 60.3 Å². The molecule has 0 aromatic heterocycles. The summed E-state index contributed by atoms with van der Waals surface area (Å²) in [5.41, 5.74) is -0.328. The number of nitrogens with one attached hydrogen (secondary N) is 2. The Labute approximate surface area is 279 Å². The number of methoxy groups -OCH3 is 1. The Bertz CT molecular complexity index is 1630. The molecule has 7 rings (SSSR count). The Morgan fingerprint density at radius 2 is 1.65 bits per heavy atom. The van der Waals surface area contributed by atoms with Crippen LogP contribution in [0.2, 0.25) is 0 Å². The first-order valence-electron chi connectivity index (χ1n) is 16.3. The highest BCUT2D eigenvalue weighted by Gasteiger charge is 2.45. The van der Waals surface area contributed by atoms with Crippen LogP contribution in [-0.4, -0.2) is 85.6 Å². The van der Waals surface area contributed by atoms with Crippen molar-refractivity contribution in [1.29, 1.82) is 0 Å². The number of hydrogen-bond donors (Lipinski definition) is 2. The summed E-state index contributed by atoms with van der Waals surface area (Å²) < 4.78 is 38.6. The van der Waals surface area contributed by atoms with E-state index in [-0.39, 0.29) is 48.9 Å². The van der Waals surface area contributed by atoms with Crippen LogP contribution >= 0.6 is 0 Å². The molecule has 0 atom stereocenters. The average Bonchev–Trinajstić information content (AvgIpc) is 3.09. The fraction of sp³-hybridized carbons (Fsp3) is 0.417. The fourth-order valence-corrected chi connectivity index (χ4v) is 6.59. The van der Waals surface area contributed by atoms with Crippen LogP contribution in [0, 0.1) is 5.82 Å². The van der Waals surface area contributed by atoms with E-state index in [1.807, 2.05) is 4.90 Å². The minimum atomic E-state index is -1.15. The SMILES string of the molecule is COc1ccc2cc1Oc1cc(F)cc(c1)CNC(=O)C1(CCN(C3CCN(C(C)=O)CC3)CC1)Oc1ccc(cc1)OCCNC2=O. The van der Waals surface area contributed by atoms with E-state index in [0.717, 1.165) is 25.9 Å². The number of halogens is 1. The summed E-state index contributed by atoms with van der Waals surface area (Å²) in [6.07, 6.45) is 2.70. The number of amides is 3. The molecule has 0 unspecified atom stereocenters. The summed E-state index contributed by atoms with van der Waals surface area (Å²) in [5, 5.41) is 5.83. The summed E-state index contributed by atoms with van der Waals surface area (Å²) in [4.78, 5) is 43.0. The van der Waals surface area contributed by atoms with Gasteiger partial charge >= 0.3 is 0 Å². The van der Waals surface area contributed by atoms with Crippen molar-refractivity contribution in [3.63, 3.8) is 0 Å². The number of carbonyl (C=O) groups is 3. The van der Waals surface area contributed by atoms with E-state index in [1.54, 1.807) is 49.4 Å². The number of benzene rings is 3. The van der Waals surface area contributed by atoms with Gasteiger partial charge in [-0.3, -0.25) is 19.3 Å². The molecule has 4 heterocycles. The molecule has 3 amide bonds. The summed E-state index contributed by atoms with van der Waals surface area (Å²) in [6.45, 7) is 4.90. The largest absolute Gasteiger partial charge is 0.493 e. The lowest BCUT2D eigenvalue weighted by Gasteiger charge is -2.45. The van der Waals surface area contributed by atoms with Crippen LogP contribution < -0.4 is 29.6 Å². The average molecular weight is 661 g/mol. The first-order chi connectivity index (χ1) is 23.2. The zero-order chi connectivity index (χ0) is 33.7. The maximum atomic E-state index is 14.8. The molecule has 11 nitrogen and oxygen atoms in total. The van der Waals surface area contributed by atoms with Gasteiger partial charge in [-0.25, -0.2) is 4.39 Å². The standard InChI is InChI=1S/C36H41FN4O7/c1-24(42)40-14-9-28(10-15-40)41-16-11-36(12-17-41)35(44)39-23-25-19-27(37)22-31(20-25)47-33-21-26(3-8-32(33)45-2)34(43)38-13-18-46-29-4-6-30(48-36)7-5-29/h3-8,19-22,28H,9-18,23H2,1-2H3,(H,38,43)(H,39,44). The molecule has 0 saturated carbocycles. The Hall–Kier alpha value is -4.84. The van der Waals surface area contributed by atoms with E-state index in [9.17, 15) is 18.8 Å². The molecule has 3 aromatic carbocycles. The molecule has 2 saturated heterocycles. The lowest BCUT2D eigenvalue weighted by Crippen LogP contribution is -2.59. The number of rotatable bonds is 2. The molecule has 2 fully saturated rings. The van der Waals surface area contributed by atoms with Crippen molar-refractivity contribution in [2.24, 2.45) is 0 Å². The van der Waals surface area contributed by atoms with Crippen LogP contribution in [0.5, 0.6) is 28.7 Å². The van der Waals surface area contributed by atoms with Crippen molar-refractivity contribution in [1.82, 2.24) is 20.4 Å². The predicted octanol–water partition coefficient (Wildman–Crippen LogP) is 4.29. The quantitative estimate of drug-likeness (QED) is 0.418. The van der Waals surface area contributed by atoms with E-state index in [1.165, 1.54) is 25.3 Å². The number of ether oxygens (including phenoxy) is 4. The lowest BCUT2D eigenvalue weighted by molar-refractivity contribution is -0.142. The monoisotopic (exact) mass is 660 g/mol. The third kappa shape index (κ3) is 7.65. The molecule has 12 heteroatoms. The van der Waals surface area contributed by atoms with Crippen LogP contribution in [0.25, 0.3) is 0 Å². The number of nitrogens with zero attached hydrogens (tertiary/aromatic N) is 2. The van der Waals surface area contributed by atoms with Crippen molar-refractivity contribution in [3.8, 4) is 28.7 Å². The van der Waals surface area contributed by atoms with Crippen LogP contribution in [0.4, 0.5) is 4.39 Å². The molecule has 2 N–H and O–H groups in total. The molecule has 48 heavy (non-hydrogen) atoms. The molecule has 3 aromatic rings. The second-order valence-corrected chi connectivity index (χ2v) is 12.4. The molecule has 1 spiro atoms. The Morgan fingerprint density at radius 1 is 0.917 bits per heavy atom. The van der Waals surface area contributed by atoms with Crippen molar-refractivity contribution >= 4 is 17.7 Å². The summed E-state index contributed by atoms with van der Waals surface area (Å²) in [5.74, 6) is 0.839. The van der Waals surface area contributed by atoms with E-state index in [4.69, 9.17) is 18.9 Å². The summed E-state index contributed by atoms with van der Waals surface area (Å²) in [7, 11) is 1.48. The van der Waals surface area contributed by atoms with Gasteiger partial charge in [-0.1, -0.05) is 0 Å². The van der Waals surface area contributed by atoms with Crippen LogP contribution in [0.15, 0.2) is 60.7 Å². The van der Waals surface area contributed by atoms with Crippen molar-refractivity contribution in [3.05, 3.63) is 77.6 Å². The molecule has 0 aliphatic carbocycles. The van der Waals surface area contributed by atoms with Gasteiger partial charge in [0, 0.05) is 70.2 Å². The molecular weight excluding hydrogens is 619 g/mol. The third-order valence-electron chi connectivity index (χ3n) is 9.28. The van der Waals surface area contributed by atoms with E-state index < -0.39 is 11.4 Å². The van der Waals surface area contributed by atoms with Gasteiger partial charge in [0.1, 0.15) is 29.7 Å². The molecule has 6 bridgehead atoms. The predicted molar refractivity (Wildman–Crippen MR) is 175 cm³/mol. The minimum absolute atomic E-state index is 0.0393. The topological polar surface area (TPSA) is 119 Å². The molecule has 4 aliphatic rings. The number of likely N-dealkylation sites (tertiary alicyclic amines) is 2. The van der Waals surface area contributed by atoms with Gasteiger partial charge in [-0.15, -0.1) is 0 Å². The maximum Gasteiger partial charge on any atom is 0.264 e. The van der Waals surface area contributed by atoms with Gasteiger partial charge in [0.2, 0.25) is 5.91 Å². The molecule has 4 aliphatic heterocycles. The molecule has 254 valence electrons. The zero-order valence-corrected chi connectivity index (χ0v) is 27.3. The number of hydrogen-bond acceptors (Lipinski definition) is 8. The molecular formula is C36H41FN4O7. The Balaban J connectivity index is 1.24. The highest BCUT2D eigenvalue weighted by atomic mass is 19.1. The highest BCUT2D eigenvalue weighted by Crippen LogP contribution is 2.35. The van der Waals surface area contributed by atoms with Gasteiger partial charge in [0.05, 0.1) is 13.7 Å². The van der Waals surface area contributed by atoms with E-state index in [2.05, 4.69) is 15.5 Å². The van der Waals surface area contributed by atoms with Gasteiger partial charge < -0.3 is 34.5 Å². The number of piperidine rings is 2. The van der Waals surface area contributed by atoms with Crippen LogP contribution in [-0.2, 0) is 16.1 Å². The van der Waals surface area contributed by atoms with Crippen molar-refractivity contribution < 1.29 is 37.7 Å². The third-order valence-corrected chi connectivity index (χ3v) is 9.28. The summed E-state index contributed by atoms with van der Waals surface area (Å²) >= 11 is 0.